The zero-order valence-electron chi connectivity index (χ0n) is 14.1. The van der Waals surface area contributed by atoms with Crippen molar-refractivity contribution >= 4 is 5.91 Å². The third-order valence-electron chi connectivity index (χ3n) is 3.44. The lowest BCUT2D eigenvalue weighted by Crippen LogP contribution is -2.33. The number of aliphatic hydroxyl groups is 1. The normalized spacial score (nSPS) is 11.8. The molecule has 2 aromatic rings. The average Bonchev–Trinajstić information content (AvgIpc) is 2.61. The van der Waals surface area contributed by atoms with Crippen molar-refractivity contribution in [3.63, 3.8) is 0 Å². The van der Waals surface area contributed by atoms with Crippen molar-refractivity contribution in [2.75, 3.05) is 26.3 Å². The van der Waals surface area contributed by atoms with E-state index in [0.717, 1.165) is 5.56 Å². The number of carbonyl (C=O) groups is 1. The van der Waals surface area contributed by atoms with Crippen molar-refractivity contribution in [1.29, 1.82) is 0 Å². The number of ether oxygens (including phenoxy) is 2. The number of nitrogens with two attached hydrogens (primary N) is 1. The van der Waals surface area contributed by atoms with Crippen molar-refractivity contribution < 1.29 is 19.4 Å². The molecule has 0 aliphatic heterocycles. The van der Waals surface area contributed by atoms with Gasteiger partial charge < -0.3 is 25.6 Å². The molecule has 1 unspecified atom stereocenters. The van der Waals surface area contributed by atoms with Gasteiger partial charge in [-0.05, 0) is 37.3 Å². The highest BCUT2D eigenvalue weighted by Gasteiger charge is 2.07. The first kappa shape index (κ1) is 18.7. The fourth-order valence-electron chi connectivity index (χ4n) is 2.08. The van der Waals surface area contributed by atoms with Gasteiger partial charge in [-0.25, -0.2) is 4.98 Å². The highest BCUT2D eigenvalue weighted by atomic mass is 16.5. The van der Waals surface area contributed by atoms with E-state index in [1.165, 1.54) is 0 Å². The monoisotopic (exact) mass is 345 g/mol. The Labute approximate surface area is 146 Å². The van der Waals surface area contributed by atoms with Gasteiger partial charge in [-0.15, -0.1) is 0 Å². The second kappa shape index (κ2) is 9.61. The average molecular weight is 345 g/mol. The molecule has 1 amide bonds. The van der Waals surface area contributed by atoms with E-state index in [-0.39, 0.29) is 6.61 Å². The molecule has 1 heterocycles. The summed E-state index contributed by atoms with van der Waals surface area (Å²) in [6, 6.07) is 10.4. The smallest absolute Gasteiger partial charge is 0.248 e. The number of benzene rings is 1. The molecule has 1 atom stereocenters. The predicted octanol–water partition coefficient (Wildman–Crippen LogP) is 0.897. The minimum Gasteiger partial charge on any atom is -0.492 e. The number of amides is 1. The van der Waals surface area contributed by atoms with Gasteiger partial charge in [0.25, 0.3) is 0 Å². The molecule has 0 aliphatic rings. The second-order valence-electron chi connectivity index (χ2n) is 5.53. The number of aromatic nitrogens is 1. The predicted molar refractivity (Wildman–Crippen MR) is 93.8 cm³/mol. The number of hydrogen-bond acceptors (Lipinski definition) is 6. The van der Waals surface area contributed by atoms with E-state index < -0.39 is 12.0 Å². The topological polar surface area (TPSA) is 107 Å². The molecule has 25 heavy (non-hydrogen) atoms. The van der Waals surface area contributed by atoms with Crippen LogP contribution in [0.1, 0.15) is 15.9 Å². The van der Waals surface area contributed by atoms with Crippen molar-refractivity contribution in [2.45, 2.75) is 13.0 Å². The lowest BCUT2D eigenvalue weighted by atomic mass is 10.2. The van der Waals surface area contributed by atoms with Gasteiger partial charge in [-0.2, -0.15) is 0 Å². The molecule has 134 valence electrons. The number of carbonyl (C=O) groups excluding carboxylic acids is 1. The third kappa shape index (κ3) is 6.40. The van der Waals surface area contributed by atoms with Crippen LogP contribution in [0.2, 0.25) is 0 Å². The van der Waals surface area contributed by atoms with E-state index in [9.17, 15) is 9.90 Å². The number of nitrogens with zero attached hydrogens (tertiary/aromatic N) is 1. The molecule has 1 aromatic carbocycles. The molecule has 7 nitrogen and oxygen atoms in total. The van der Waals surface area contributed by atoms with Crippen molar-refractivity contribution in [2.24, 2.45) is 5.73 Å². The number of pyridine rings is 1. The van der Waals surface area contributed by atoms with Gasteiger partial charge in [0.2, 0.25) is 11.8 Å². The fraction of sp³-hybridized carbons (Fsp3) is 0.333. The summed E-state index contributed by atoms with van der Waals surface area (Å²) in [6.07, 6.45) is 1.01. The maximum absolute atomic E-state index is 11.0. The summed E-state index contributed by atoms with van der Waals surface area (Å²) >= 11 is 0. The first-order valence-electron chi connectivity index (χ1n) is 8.02. The molecule has 1 aromatic heterocycles. The Morgan fingerprint density at radius 3 is 2.72 bits per heavy atom. The highest BCUT2D eigenvalue weighted by Crippen LogP contribution is 2.12. The molecule has 0 saturated heterocycles. The van der Waals surface area contributed by atoms with E-state index in [2.05, 4.69) is 10.3 Å². The maximum atomic E-state index is 11.0. The molecule has 2 rings (SSSR count). The summed E-state index contributed by atoms with van der Waals surface area (Å²) < 4.78 is 11.0. The minimum atomic E-state index is -0.642. The number of primary amides is 1. The van der Waals surface area contributed by atoms with Crippen LogP contribution in [0.4, 0.5) is 0 Å². The van der Waals surface area contributed by atoms with Gasteiger partial charge in [0.05, 0.1) is 0 Å². The molecule has 0 aliphatic carbocycles. The Balaban J connectivity index is 1.59. The van der Waals surface area contributed by atoms with Crippen LogP contribution in [0.5, 0.6) is 11.6 Å². The SMILES string of the molecule is Cc1cccnc1OCC(O)CNCCOc1ccc(C(N)=O)cc1. The first-order chi connectivity index (χ1) is 12.1. The molecule has 0 spiro atoms. The zero-order valence-corrected chi connectivity index (χ0v) is 14.1. The molecule has 0 fully saturated rings. The Morgan fingerprint density at radius 1 is 1.28 bits per heavy atom. The molecular formula is C18H23N3O4. The highest BCUT2D eigenvalue weighted by molar-refractivity contribution is 5.92. The lowest BCUT2D eigenvalue weighted by molar-refractivity contribution is 0.1000. The van der Waals surface area contributed by atoms with Gasteiger partial charge in [0.15, 0.2) is 0 Å². The quantitative estimate of drug-likeness (QED) is 0.552. The summed E-state index contributed by atoms with van der Waals surface area (Å²) in [5.74, 6) is 0.718. The van der Waals surface area contributed by atoms with Crippen LogP contribution in [-0.2, 0) is 0 Å². The minimum absolute atomic E-state index is 0.167. The zero-order chi connectivity index (χ0) is 18.1. The summed E-state index contributed by atoms with van der Waals surface area (Å²) in [4.78, 5) is 15.1. The van der Waals surface area contributed by atoms with Crippen LogP contribution in [0.25, 0.3) is 0 Å². The lowest BCUT2D eigenvalue weighted by Gasteiger charge is -2.14. The fourth-order valence-corrected chi connectivity index (χ4v) is 2.08. The largest absolute Gasteiger partial charge is 0.492 e. The number of hydrogen-bond donors (Lipinski definition) is 3. The van der Waals surface area contributed by atoms with E-state index in [1.807, 2.05) is 19.1 Å². The van der Waals surface area contributed by atoms with E-state index in [1.54, 1.807) is 30.5 Å². The van der Waals surface area contributed by atoms with E-state index in [4.69, 9.17) is 15.2 Å². The van der Waals surface area contributed by atoms with Crippen molar-refractivity contribution in [3.05, 3.63) is 53.7 Å². The van der Waals surface area contributed by atoms with Crippen molar-refractivity contribution in [1.82, 2.24) is 10.3 Å². The van der Waals surface area contributed by atoms with Gasteiger partial charge in [0, 0.05) is 30.4 Å². The van der Waals surface area contributed by atoms with Gasteiger partial charge in [-0.1, -0.05) is 6.07 Å². The summed E-state index contributed by atoms with van der Waals surface area (Å²) in [5, 5.41) is 13.0. The Bertz CT molecular complexity index is 676. The van der Waals surface area contributed by atoms with E-state index in [0.29, 0.717) is 36.9 Å². The standard InChI is InChI=1S/C18H23N3O4/c1-13-3-2-8-21-18(13)25-12-15(22)11-20-9-10-24-16-6-4-14(5-7-16)17(19)23/h2-8,15,20,22H,9-12H2,1H3,(H2,19,23). The molecule has 0 radical (unpaired) electrons. The van der Waals surface area contributed by atoms with Crippen LogP contribution in [0, 0.1) is 6.92 Å². The summed E-state index contributed by atoms with van der Waals surface area (Å²) in [5.41, 5.74) is 6.54. The molecule has 0 bridgehead atoms. The number of aliphatic hydroxyl groups excluding tert-OH is 1. The number of nitrogens with one attached hydrogen (secondary N) is 1. The van der Waals surface area contributed by atoms with Gasteiger partial charge in [-0.3, -0.25) is 4.79 Å². The Hall–Kier alpha value is -2.64. The molecule has 7 heteroatoms. The molecule has 0 saturated carbocycles. The number of aryl methyl sites for hydroxylation is 1. The summed E-state index contributed by atoms with van der Waals surface area (Å²) in [7, 11) is 0. The van der Waals surface area contributed by atoms with Crippen LogP contribution >= 0.6 is 0 Å². The van der Waals surface area contributed by atoms with E-state index >= 15 is 0 Å². The van der Waals surface area contributed by atoms with Gasteiger partial charge >= 0.3 is 0 Å². The Kier molecular flexibility index (Phi) is 7.18. The maximum Gasteiger partial charge on any atom is 0.248 e. The second-order valence-corrected chi connectivity index (χ2v) is 5.53. The number of rotatable bonds is 10. The van der Waals surface area contributed by atoms with Crippen LogP contribution in [0.3, 0.4) is 0 Å². The van der Waals surface area contributed by atoms with Crippen molar-refractivity contribution in [3.8, 4) is 11.6 Å². The first-order valence-corrected chi connectivity index (χ1v) is 8.02. The van der Waals surface area contributed by atoms with Crippen LogP contribution in [0.15, 0.2) is 42.6 Å². The van der Waals surface area contributed by atoms with Gasteiger partial charge in [0.1, 0.15) is 25.1 Å². The summed E-state index contributed by atoms with van der Waals surface area (Å²) in [6.45, 7) is 3.45. The van der Waals surface area contributed by atoms with Crippen LogP contribution < -0.4 is 20.5 Å². The third-order valence-corrected chi connectivity index (χ3v) is 3.44. The molecular weight excluding hydrogens is 322 g/mol. The Morgan fingerprint density at radius 2 is 2.04 bits per heavy atom. The molecule has 4 N–H and O–H groups in total. The van der Waals surface area contributed by atoms with Crippen LogP contribution in [-0.4, -0.2) is 48.4 Å².